The summed E-state index contributed by atoms with van der Waals surface area (Å²) in [7, 11) is 0. The molecule has 2 atom stereocenters. The summed E-state index contributed by atoms with van der Waals surface area (Å²) in [6, 6.07) is 1.81. The van der Waals surface area contributed by atoms with Crippen molar-refractivity contribution in [1.82, 2.24) is 10.1 Å². The highest BCUT2D eigenvalue weighted by molar-refractivity contribution is 5.83. The van der Waals surface area contributed by atoms with Crippen LogP contribution in [-0.2, 0) is 4.79 Å². The third-order valence-corrected chi connectivity index (χ3v) is 3.36. The van der Waals surface area contributed by atoms with Crippen molar-refractivity contribution in [3.05, 3.63) is 17.5 Å². The molecule has 0 radical (unpaired) electrons. The van der Waals surface area contributed by atoms with Gasteiger partial charge in [0, 0.05) is 19.2 Å². The second-order valence-corrected chi connectivity index (χ2v) is 5.32. The Labute approximate surface area is 107 Å². The Kier molecular flexibility index (Phi) is 3.71. The molecule has 18 heavy (non-hydrogen) atoms. The average Bonchev–Trinajstić information content (AvgIpc) is 2.87. The molecule has 0 aromatic carbocycles. The van der Waals surface area contributed by atoms with Gasteiger partial charge >= 0.3 is 0 Å². The van der Waals surface area contributed by atoms with Crippen LogP contribution in [0.2, 0.25) is 0 Å². The quantitative estimate of drug-likeness (QED) is 0.881. The smallest absolute Gasteiger partial charge is 0.233 e. The minimum absolute atomic E-state index is 0.0256. The summed E-state index contributed by atoms with van der Waals surface area (Å²) in [6.07, 6.45) is 0.268. The summed E-state index contributed by atoms with van der Waals surface area (Å²) in [6.45, 7) is 6.87. The molecule has 2 heterocycles. The van der Waals surface area contributed by atoms with Gasteiger partial charge in [0.25, 0.3) is 0 Å². The molecule has 100 valence electrons. The molecular weight excluding hydrogens is 232 g/mol. The maximum absolute atomic E-state index is 12.5. The van der Waals surface area contributed by atoms with Crippen LogP contribution in [0.3, 0.4) is 0 Å². The first-order chi connectivity index (χ1) is 8.49. The van der Waals surface area contributed by atoms with Crippen LogP contribution in [0.1, 0.15) is 37.6 Å². The number of β-amino-alcohol motifs (C(OH)–C–C–N with tert-alkyl or cyclic N) is 1. The van der Waals surface area contributed by atoms with Gasteiger partial charge in [-0.2, -0.15) is 0 Å². The Bertz CT molecular complexity index is 428. The lowest BCUT2D eigenvalue weighted by Crippen LogP contribution is -2.35. The number of hydrogen-bond acceptors (Lipinski definition) is 4. The first kappa shape index (κ1) is 13.1. The number of amides is 1. The molecule has 0 bridgehead atoms. The van der Waals surface area contributed by atoms with E-state index in [0.29, 0.717) is 25.3 Å². The van der Waals surface area contributed by atoms with Crippen LogP contribution in [0.15, 0.2) is 10.6 Å². The third kappa shape index (κ3) is 2.56. The van der Waals surface area contributed by atoms with Gasteiger partial charge in [-0.3, -0.25) is 4.79 Å². The molecule has 1 saturated heterocycles. The lowest BCUT2D eigenvalue weighted by atomic mass is 9.91. The zero-order chi connectivity index (χ0) is 13.3. The number of carbonyl (C=O) groups excluding carboxylic acids is 1. The largest absolute Gasteiger partial charge is 0.391 e. The number of aliphatic hydroxyl groups excluding tert-OH is 1. The Hall–Kier alpha value is -1.36. The summed E-state index contributed by atoms with van der Waals surface area (Å²) >= 11 is 0. The molecule has 1 aliphatic heterocycles. The van der Waals surface area contributed by atoms with Crippen LogP contribution in [-0.4, -0.2) is 40.3 Å². The van der Waals surface area contributed by atoms with Gasteiger partial charge in [0.15, 0.2) is 0 Å². The Morgan fingerprint density at radius 3 is 2.78 bits per heavy atom. The third-order valence-electron chi connectivity index (χ3n) is 3.36. The second kappa shape index (κ2) is 5.10. The maximum atomic E-state index is 12.5. The fourth-order valence-corrected chi connectivity index (χ4v) is 2.40. The van der Waals surface area contributed by atoms with Gasteiger partial charge in [-0.05, 0) is 19.3 Å². The van der Waals surface area contributed by atoms with Crippen molar-refractivity contribution in [2.75, 3.05) is 13.1 Å². The normalized spacial score (nSPS) is 21.6. The molecule has 0 saturated carbocycles. The van der Waals surface area contributed by atoms with E-state index in [1.165, 1.54) is 0 Å². The van der Waals surface area contributed by atoms with E-state index in [0.717, 1.165) is 5.69 Å². The van der Waals surface area contributed by atoms with Gasteiger partial charge in [-0.1, -0.05) is 19.0 Å². The molecule has 1 aromatic heterocycles. The van der Waals surface area contributed by atoms with Crippen molar-refractivity contribution in [3.8, 4) is 0 Å². The fraction of sp³-hybridized carbons (Fsp3) is 0.692. The van der Waals surface area contributed by atoms with E-state index in [4.69, 9.17) is 4.52 Å². The standard InChI is InChI=1S/C13H20N2O3/c1-8(2)12(11-6-9(3)14-18-11)13(17)15-5-4-10(16)7-15/h6,8,10,12,16H,4-5,7H2,1-3H3. The van der Waals surface area contributed by atoms with Crippen LogP contribution < -0.4 is 0 Å². The number of hydrogen-bond donors (Lipinski definition) is 1. The lowest BCUT2D eigenvalue weighted by molar-refractivity contribution is -0.133. The van der Waals surface area contributed by atoms with Crippen LogP contribution in [0.4, 0.5) is 0 Å². The number of rotatable bonds is 3. The van der Waals surface area contributed by atoms with Crippen LogP contribution in [0.5, 0.6) is 0 Å². The van der Waals surface area contributed by atoms with Crippen molar-refractivity contribution in [2.45, 2.75) is 39.2 Å². The van der Waals surface area contributed by atoms with E-state index in [1.54, 1.807) is 4.90 Å². The molecule has 5 nitrogen and oxygen atoms in total. The number of likely N-dealkylation sites (tertiary alicyclic amines) is 1. The van der Waals surface area contributed by atoms with Gasteiger partial charge in [0.2, 0.25) is 5.91 Å². The summed E-state index contributed by atoms with van der Waals surface area (Å²) in [5, 5.41) is 13.4. The predicted octanol–water partition coefficient (Wildman–Crippen LogP) is 1.32. The lowest BCUT2D eigenvalue weighted by Gasteiger charge is -2.23. The van der Waals surface area contributed by atoms with Crippen LogP contribution in [0.25, 0.3) is 0 Å². The predicted molar refractivity (Wildman–Crippen MR) is 66.0 cm³/mol. The average molecular weight is 252 g/mol. The Morgan fingerprint density at radius 1 is 1.61 bits per heavy atom. The van der Waals surface area contributed by atoms with E-state index in [2.05, 4.69) is 5.16 Å². The molecular formula is C13H20N2O3. The molecule has 1 aromatic rings. The van der Waals surface area contributed by atoms with Crippen molar-refractivity contribution >= 4 is 5.91 Å². The molecule has 2 rings (SSSR count). The van der Waals surface area contributed by atoms with E-state index < -0.39 is 6.10 Å². The van der Waals surface area contributed by atoms with Crippen LogP contribution >= 0.6 is 0 Å². The second-order valence-electron chi connectivity index (χ2n) is 5.32. The van der Waals surface area contributed by atoms with Gasteiger partial charge in [0.1, 0.15) is 11.7 Å². The minimum Gasteiger partial charge on any atom is -0.391 e. The number of aryl methyl sites for hydroxylation is 1. The van der Waals surface area contributed by atoms with Gasteiger partial charge in [-0.15, -0.1) is 0 Å². The number of aliphatic hydroxyl groups is 1. The van der Waals surface area contributed by atoms with Gasteiger partial charge in [-0.25, -0.2) is 0 Å². The van der Waals surface area contributed by atoms with Crippen molar-refractivity contribution < 1.29 is 14.4 Å². The monoisotopic (exact) mass is 252 g/mol. The first-order valence-corrected chi connectivity index (χ1v) is 6.39. The van der Waals surface area contributed by atoms with E-state index in [9.17, 15) is 9.90 Å². The molecule has 5 heteroatoms. The van der Waals surface area contributed by atoms with E-state index >= 15 is 0 Å². The maximum Gasteiger partial charge on any atom is 0.233 e. The molecule has 1 fully saturated rings. The molecule has 1 N–H and O–H groups in total. The van der Waals surface area contributed by atoms with Gasteiger partial charge < -0.3 is 14.5 Å². The summed E-state index contributed by atoms with van der Waals surface area (Å²) in [4.78, 5) is 14.2. The zero-order valence-electron chi connectivity index (χ0n) is 11.1. The van der Waals surface area contributed by atoms with Crippen molar-refractivity contribution in [1.29, 1.82) is 0 Å². The van der Waals surface area contributed by atoms with Crippen molar-refractivity contribution in [2.24, 2.45) is 5.92 Å². The number of nitrogens with zero attached hydrogens (tertiary/aromatic N) is 2. The number of aromatic nitrogens is 1. The van der Waals surface area contributed by atoms with E-state index in [-0.39, 0.29) is 17.7 Å². The van der Waals surface area contributed by atoms with Crippen molar-refractivity contribution in [3.63, 3.8) is 0 Å². The topological polar surface area (TPSA) is 66.6 Å². The van der Waals surface area contributed by atoms with E-state index in [1.807, 2.05) is 26.8 Å². The Balaban J connectivity index is 2.18. The summed E-state index contributed by atoms with van der Waals surface area (Å²) < 4.78 is 5.24. The zero-order valence-corrected chi connectivity index (χ0v) is 11.1. The highest BCUT2D eigenvalue weighted by atomic mass is 16.5. The Morgan fingerprint density at radius 2 is 2.33 bits per heavy atom. The molecule has 2 unspecified atom stereocenters. The summed E-state index contributed by atoms with van der Waals surface area (Å²) in [5.41, 5.74) is 0.782. The highest BCUT2D eigenvalue weighted by Crippen LogP contribution is 2.28. The highest BCUT2D eigenvalue weighted by Gasteiger charge is 2.34. The molecule has 1 amide bonds. The fourth-order valence-electron chi connectivity index (χ4n) is 2.40. The molecule has 0 aliphatic carbocycles. The van der Waals surface area contributed by atoms with Gasteiger partial charge in [0.05, 0.1) is 11.8 Å². The number of carbonyl (C=O) groups is 1. The van der Waals surface area contributed by atoms with Crippen LogP contribution in [0, 0.1) is 12.8 Å². The SMILES string of the molecule is Cc1cc(C(C(=O)N2CCC(O)C2)C(C)C)on1. The minimum atomic E-state index is -0.391. The molecule has 1 aliphatic rings. The summed E-state index contributed by atoms with van der Waals surface area (Å²) in [5.74, 6) is 0.477. The molecule has 0 spiro atoms. The first-order valence-electron chi connectivity index (χ1n) is 6.39.